The molecule has 0 aliphatic heterocycles. The summed E-state index contributed by atoms with van der Waals surface area (Å²) >= 11 is 0. The maximum atomic E-state index is 12.8. The highest BCUT2D eigenvalue weighted by atomic mass is 19.4. The Bertz CT molecular complexity index is 1020. The molecule has 0 aromatic heterocycles. The number of aromatic hydroxyl groups is 1. The summed E-state index contributed by atoms with van der Waals surface area (Å²) < 4.78 is 61.4. The van der Waals surface area contributed by atoms with Crippen molar-refractivity contribution in [1.82, 2.24) is 0 Å². The number of carbonyl (C=O) groups excluding carboxylic acids is 1. The molecule has 0 amide bonds. The number of benzene rings is 2. The second-order valence-corrected chi connectivity index (χ2v) is 7.49. The van der Waals surface area contributed by atoms with E-state index >= 15 is 0 Å². The smallest absolute Gasteiger partial charge is 0.416 e. The molecule has 0 heterocycles. The van der Waals surface area contributed by atoms with Crippen molar-refractivity contribution >= 4 is 18.1 Å². The lowest BCUT2D eigenvalue weighted by Gasteiger charge is -2.17. The Hall–Kier alpha value is -3.29. The van der Waals surface area contributed by atoms with Crippen molar-refractivity contribution in [2.45, 2.75) is 32.9 Å². The molecule has 2 rings (SSSR count). The van der Waals surface area contributed by atoms with E-state index in [1.165, 1.54) is 37.5 Å². The van der Waals surface area contributed by atoms with Crippen LogP contribution in [0.15, 0.2) is 42.0 Å². The molecule has 0 radical (unpaired) electrons. The first kappa shape index (κ1) is 26.0. The minimum absolute atomic E-state index is 0.0669. The van der Waals surface area contributed by atoms with Gasteiger partial charge in [-0.1, -0.05) is 35.9 Å². The normalized spacial score (nSPS) is 11.5. The highest BCUT2D eigenvalue weighted by molar-refractivity contribution is 5.98. The Balaban J connectivity index is 2.55. The maximum Gasteiger partial charge on any atom is 0.416 e. The lowest BCUT2D eigenvalue weighted by atomic mass is 9.97. The fourth-order valence-corrected chi connectivity index (χ4v) is 2.99. The van der Waals surface area contributed by atoms with Gasteiger partial charge in [0.15, 0.2) is 0 Å². The monoisotopic (exact) mass is 466 g/mol. The van der Waals surface area contributed by atoms with Crippen LogP contribution < -0.4 is 4.74 Å². The van der Waals surface area contributed by atoms with E-state index in [0.717, 1.165) is 17.7 Å². The fraction of sp³-hybridized carbons (Fsp3) is 0.320. The predicted octanol–water partition coefficient (Wildman–Crippen LogP) is 6.62. The third-order valence-electron chi connectivity index (χ3n) is 4.73. The molecule has 33 heavy (non-hydrogen) atoms. The summed E-state index contributed by atoms with van der Waals surface area (Å²) in [6, 6.07) is 6.01. The number of halogens is 4. The number of ether oxygens (including phenoxy) is 2. The number of rotatable bonds is 9. The predicted molar refractivity (Wildman–Crippen MR) is 119 cm³/mol. The van der Waals surface area contributed by atoms with Crippen LogP contribution >= 0.6 is 0 Å². The van der Waals surface area contributed by atoms with E-state index in [9.17, 15) is 27.5 Å². The van der Waals surface area contributed by atoms with Crippen LogP contribution in [0, 0.1) is 0 Å². The van der Waals surface area contributed by atoms with Gasteiger partial charge in [0.2, 0.25) is 0 Å². The minimum Gasteiger partial charge on any atom is -0.507 e. The second-order valence-electron chi connectivity index (χ2n) is 7.49. The summed E-state index contributed by atoms with van der Waals surface area (Å²) in [5.41, 5.74) is 1.15. The molecule has 0 atom stereocenters. The van der Waals surface area contributed by atoms with E-state index in [-0.39, 0.29) is 42.1 Å². The third-order valence-corrected chi connectivity index (χ3v) is 4.73. The van der Waals surface area contributed by atoms with Crippen molar-refractivity contribution in [2.24, 2.45) is 0 Å². The number of methoxy groups -OCH3 is 1. The Morgan fingerprint density at radius 3 is 2.33 bits per heavy atom. The van der Waals surface area contributed by atoms with Crippen molar-refractivity contribution in [1.29, 1.82) is 0 Å². The van der Waals surface area contributed by atoms with Gasteiger partial charge in [-0.25, -0.2) is 4.79 Å². The van der Waals surface area contributed by atoms with Crippen molar-refractivity contribution in [3.63, 3.8) is 0 Å². The lowest BCUT2D eigenvalue weighted by molar-refractivity contribution is -0.137. The number of allylic oxidation sites excluding steroid dienone is 2. The maximum absolute atomic E-state index is 12.8. The number of alkyl halides is 4. The summed E-state index contributed by atoms with van der Waals surface area (Å²) in [6.07, 6.45) is 0.795. The Labute approximate surface area is 190 Å². The van der Waals surface area contributed by atoms with Crippen molar-refractivity contribution < 1.29 is 36.9 Å². The molecule has 8 heteroatoms. The van der Waals surface area contributed by atoms with Crippen LogP contribution in [-0.4, -0.2) is 31.5 Å². The highest BCUT2D eigenvalue weighted by Gasteiger charge is 2.29. The molecule has 0 unspecified atom stereocenters. The van der Waals surface area contributed by atoms with E-state index < -0.39 is 24.4 Å². The molecule has 0 saturated heterocycles. The van der Waals surface area contributed by atoms with E-state index in [0.29, 0.717) is 11.1 Å². The lowest BCUT2D eigenvalue weighted by Crippen LogP contribution is -2.09. The zero-order chi connectivity index (χ0) is 24.6. The van der Waals surface area contributed by atoms with E-state index in [1.54, 1.807) is 0 Å². The summed E-state index contributed by atoms with van der Waals surface area (Å²) in [5.74, 6) is -0.837. The van der Waals surface area contributed by atoms with Crippen LogP contribution in [0.5, 0.6) is 11.5 Å². The Morgan fingerprint density at radius 1 is 1.12 bits per heavy atom. The van der Waals surface area contributed by atoms with Gasteiger partial charge in [-0.3, -0.25) is 4.39 Å². The van der Waals surface area contributed by atoms with Crippen LogP contribution in [0.2, 0.25) is 0 Å². The van der Waals surface area contributed by atoms with Gasteiger partial charge in [-0.2, -0.15) is 13.2 Å². The van der Waals surface area contributed by atoms with Gasteiger partial charge in [0.05, 0.1) is 26.0 Å². The summed E-state index contributed by atoms with van der Waals surface area (Å²) in [4.78, 5) is 12.4. The average Bonchev–Trinajstić information content (AvgIpc) is 2.76. The molecule has 0 saturated carbocycles. The van der Waals surface area contributed by atoms with Crippen LogP contribution in [0.25, 0.3) is 12.2 Å². The zero-order valence-corrected chi connectivity index (χ0v) is 18.6. The van der Waals surface area contributed by atoms with Gasteiger partial charge < -0.3 is 14.6 Å². The SMILES string of the molecule is COC(=O)c1c(C=Cc2ccc(C(F)(F)F)cc2)cc(OCCCF)c(CC=C(C)C)c1O. The standard InChI is InChI=1S/C25H26F4O4/c1-16(2)5-12-20-21(33-14-4-13-26)15-18(22(23(20)30)24(31)32-3)9-6-17-7-10-19(11-8-17)25(27,28)29/h5-11,15,30H,4,12-14H2,1-3H3. The molecule has 0 aliphatic rings. The molecule has 1 N–H and O–H groups in total. The van der Waals surface area contributed by atoms with E-state index in [1.807, 2.05) is 19.9 Å². The number of hydrogen-bond donors (Lipinski definition) is 1. The summed E-state index contributed by atoms with van der Waals surface area (Å²) in [7, 11) is 1.17. The van der Waals surface area contributed by atoms with Crippen LogP contribution in [0.1, 0.15) is 52.9 Å². The topological polar surface area (TPSA) is 55.8 Å². The molecule has 2 aromatic carbocycles. The van der Waals surface area contributed by atoms with Gasteiger partial charge in [-0.15, -0.1) is 0 Å². The minimum atomic E-state index is -4.45. The molecule has 0 spiro atoms. The molecule has 0 bridgehead atoms. The average molecular weight is 466 g/mol. The van der Waals surface area contributed by atoms with Crippen molar-refractivity contribution in [3.05, 3.63) is 69.8 Å². The van der Waals surface area contributed by atoms with E-state index in [4.69, 9.17) is 9.47 Å². The first-order valence-electron chi connectivity index (χ1n) is 10.2. The van der Waals surface area contributed by atoms with Crippen LogP contribution in [0.3, 0.4) is 0 Å². The summed E-state index contributed by atoms with van der Waals surface area (Å²) in [5, 5.41) is 10.9. The Morgan fingerprint density at radius 2 is 1.79 bits per heavy atom. The van der Waals surface area contributed by atoms with Crippen molar-refractivity contribution in [2.75, 3.05) is 20.4 Å². The molecule has 178 valence electrons. The zero-order valence-electron chi connectivity index (χ0n) is 18.6. The van der Waals surface area contributed by atoms with Crippen LogP contribution in [-0.2, 0) is 17.3 Å². The summed E-state index contributed by atoms with van der Waals surface area (Å²) in [6.45, 7) is 3.25. The first-order chi connectivity index (χ1) is 15.6. The number of esters is 1. The van der Waals surface area contributed by atoms with Gasteiger partial charge in [-0.05, 0) is 49.6 Å². The van der Waals surface area contributed by atoms with Gasteiger partial charge in [0.1, 0.15) is 17.1 Å². The Kier molecular flexibility index (Phi) is 9.08. The van der Waals surface area contributed by atoms with Gasteiger partial charge in [0, 0.05) is 12.0 Å². The first-order valence-corrected chi connectivity index (χ1v) is 10.2. The molecule has 2 aromatic rings. The molecule has 0 fully saturated rings. The number of carbonyl (C=O) groups is 1. The van der Waals surface area contributed by atoms with Gasteiger partial charge >= 0.3 is 12.1 Å². The second kappa shape index (κ2) is 11.5. The quantitative estimate of drug-likeness (QED) is 0.148. The number of phenols is 1. The van der Waals surface area contributed by atoms with E-state index in [2.05, 4.69) is 0 Å². The van der Waals surface area contributed by atoms with Gasteiger partial charge in [0.25, 0.3) is 0 Å². The van der Waals surface area contributed by atoms with Crippen LogP contribution in [0.4, 0.5) is 17.6 Å². The molecule has 4 nitrogen and oxygen atoms in total. The largest absolute Gasteiger partial charge is 0.507 e. The molecule has 0 aliphatic carbocycles. The van der Waals surface area contributed by atoms with Crippen molar-refractivity contribution in [3.8, 4) is 11.5 Å². The fourth-order valence-electron chi connectivity index (χ4n) is 2.99. The number of hydrogen-bond acceptors (Lipinski definition) is 4. The third kappa shape index (κ3) is 7.10. The molecular weight excluding hydrogens is 440 g/mol. The molecular formula is C25H26F4O4. The highest BCUT2D eigenvalue weighted by Crippen LogP contribution is 2.37. The number of phenolic OH excluding ortho intramolecular Hbond substituents is 1.